The first-order valence-electron chi connectivity index (χ1n) is 6.91. The molecule has 1 aromatic heterocycles. The molecule has 4 heteroatoms. The number of rotatable bonds is 5. The third kappa shape index (κ3) is 2.93. The van der Waals surface area contributed by atoms with E-state index in [2.05, 4.69) is 9.88 Å². The summed E-state index contributed by atoms with van der Waals surface area (Å²) in [6, 6.07) is 4.44. The molecule has 1 aromatic rings. The quantitative estimate of drug-likeness (QED) is 0.869. The number of ether oxygens (including phenoxy) is 1. The average Bonchev–Trinajstić information content (AvgIpc) is 2.41. The van der Waals surface area contributed by atoms with Crippen LogP contribution in [-0.4, -0.2) is 30.7 Å². The van der Waals surface area contributed by atoms with Crippen molar-refractivity contribution in [3.63, 3.8) is 0 Å². The molecule has 0 spiro atoms. The van der Waals surface area contributed by atoms with Gasteiger partial charge in [-0.05, 0) is 51.3 Å². The molecule has 0 aromatic carbocycles. The molecule has 18 heavy (non-hydrogen) atoms. The van der Waals surface area contributed by atoms with E-state index in [0.717, 1.165) is 31.1 Å². The van der Waals surface area contributed by atoms with E-state index in [1.807, 2.05) is 25.3 Å². The molecular weight excluding hydrogens is 226 g/mol. The van der Waals surface area contributed by atoms with Crippen LogP contribution < -0.4 is 15.4 Å². The van der Waals surface area contributed by atoms with E-state index in [-0.39, 0.29) is 0 Å². The van der Waals surface area contributed by atoms with Gasteiger partial charge in [-0.2, -0.15) is 0 Å². The van der Waals surface area contributed by atoms with Gasteiger partial charge in [0.05, 0.1) is 6.61 Å². The van der Waals surface area contributed by atoms with Crippen LogP contribution in [0.3, 0.4) is 0 Å². The molecule has 1 saturated heterocycles. The van der Waals surface area contributed by atoms with Crippen molar-refractivity contribution >= 4 is 5.82 Å². The summed E-state index contributed by atoms with van der Waals surface area (Å²) in [6.07, 6.45) is 6.59. The summed E-state index contributed by atoms with van der Waals surface area (Å²) >= 11 is 0. The topological polar surface area (TPSA) is 51.4 Å². The van der Waals surface area contributed by atoms with Gasteiger partial charge < -0.3 is 15.4 Å². The molecule has 1 unspecified atom stereocenters. The Hall–Kier alpha value is -1.29. The molecule has 4 nitrogen and oxygen atoms in total. The predicted molar refractivity (Wildman–Crippen MR) is 74.1 cm³/mol. The van der Waals surface area contributed by atoms with Gasteiger partial charge in [-0.15, -0.1) is 0 Å². The Labute approximate surface area is 109 Å². The maximum atomic E-state index is 5.72. The van der Waals surface area contributed by atoms with Crippen LogP contribution in [0, 0.1) is 0 Å². The van der Waals surface area contributed by atoms with Gasteiger partial charge in [-0.25, -0.2) is 4.98 Å². The Morgan fingerprint density at radius 3 is 3.17 bits per heavy atom. The zero-order chi connectivity index (χ0) is 12.8. The highest BCUT2D eigenvalue weighted by Crippen LogP contribution is 2.31. The standard InChI is InChI=1S/C14H23N3O/c1-2-18-13-7-5-10-16-14(13)17-11-4-3-6-12(17)8-9-15/h5,7,10,12H,2-4,6,8-9,11,15H2,1H3. The third-order valence-electron chi connectivity index (χ3n) is 3.45. The van der Waals surface area contributed by atoms with E-state index < -0.39 is 0 Å². The number of anilines is 1. The van der Waals surface area contributed by atoms with Gasteiger partial charge in [0.1, 0.15) is 0 Å². The molecule has 1 atom stereocenters. The van der Waals surface area contributed by atoms with E-state index in [1.165, 1.54) is 19.3 Å². The maximum absolute atomic E-state index is 5.72. The molecule has 2 heterocycles. The van der Waals surface area contributed by atoms with Crippen molar-refractivity contribution in [3.8, 4) is 5.75 Å². The van der Waals surface area contributed by atoms with Crippen LogP contribution in [0.5, 0.6) is 5.75 Å². The second-order valence-electron chi connectivity index (χ2n) is 4.68. The highest BCUT2D eigenvalue weighted by Gasteiger charge is 2.25. The summed E-state index contributed by atoms with van der Waals surface area (Å²) in [7, 11) is 0. The molecule has 0 aliphatic carbocycles. The maximum Gasteiger partial charge on any atom is 0.171 e. The lowest BCUT2D eigenvalue weighted by Crippen LogP contribution is -2.41. The van der Waals surface area contributed by atoms with E-state index in [4.69, 9.17) is 10.5 Å². The largest absolute Gasteiger partial charge is 0.490 e. The van der Waals surface area contributed by atoms with Crippen molar-refractivity contribution in [1.29, 1.82) is 0 Å². The first-order valence-corrected chi connectivity index (χ1v) is 6.91. The van der Waals surface area contributed by atoms with E-state index >= 15 is 0 Å². The van der Waals surface area contributed by atoms with Crippen molar-refractivity contribution in [2.75, 3.05) is 24.6 Å². The van der Waals surface area contributed by atoms with Crippen LogP contribution in [0.15, 0.2) is 18.3 Å². The number of pyridine rings is 1. The monoisotopic (exact) mass is 249 g/mol. The lowest BCUT2D eigenvalue weighted by Gasteiger charge is -2.37. The second kappa shape index (κ2) is 6.59. The van der Waals surface area contributed by atoms with Crippen molar-refractivity contribution in [2.24, 2.45) is 5.73 Å². The summed E-state index contributed by atoms with van der Waals surface area (Å²) in [4.78, 5) is 6.89. The Bertz CT molecular complexity index is 368. The van der Waals surface area contributed by atoms with Crippen LogP contribution >= 0.6 is 0 Å². The molecule has 0 amide bonds. The van der Waals surface area contributed by atoms with Crippen molar-refractivity contribution in [1.82, 2.24) is 4.98 Å². The zero-order valence-electron chi connectivity index (χ0n) is 11.1. The predicted octanol–water partition coefficient (Wildman–Crippen LogP) is 2.19. The molecule has 0 radical (unpaired) electrons. The Balaban J connectivity index is 2.21. The molecule has 0 bridgehead atoms. The Morgan fingerprint density at radius 1 is 1.50 bits per heavy atom. The molecule has 0 saturated carbocycles. The third-order valence-corrected chi connectivity index (χ3v) is 3.45. The molecular formula is C14H23N3O. The second-order valence-corrected chi connectivity index (χ2v) is 4.68. The van der Waals surface area contributed by atoms with Gasteiger partial charge >= 0.3 is 0 Å². The molecule has 1 aliphatic heterocycles. The number of nitrogens with two attached hydrogens (primary N) is 1. The van der Waals surface area contributed by atoms with Gasteiger partial charge in [0.15, 0.2) is 11.6 Å². The Morgan fingerprint density at radius 2 is 2.39 bits per heavy atom. The van der Waals surface area contributed by atoms with Gasteiger partial charge in [0.25, 0.3) is 0 Å². The minimum Gasteiger partial charge on any atom is -0.490 e. The summed E-state index contributed by atoms with van der Waals surface area (Å²) in [5, 5.41) is 0. The van der Waals surface area contributed by atoms with Crippen LogP contribution in [0.4, 0.5) is 5.82 Å². The summed E-state index contributed by atoms with van der Waals surface area (Å²) in [6.45, 7) is 4.47. The lowest BCUT2D eigenvalue weighted by atomic mass is 9.99. The first kappa shape index (κ1) is 13.1. The smallest absolute Gasteiger partial charge is 0.171 e. The number of hydrogen-bond donors (Lipinski definition) is 1. The molecule has 2 N–H and O–H groups in total. The summed E-state index contributed by atoms with van der Waals surface area (Å²) in [5.74, 6) is 1.88. The molecule has 1 aliphatic rings. The van der Waals surface area contributed by atoms with Crippen molar-refractivity contribution in [2.45, 2.75) is 38.6 Å². The van der Waals surface area contributed by atoms with E-state index in [9.17, 15) is 0 Å². The highest BCUT2D eigenvalue weighted by atomic mass is 16.5. The fourth-order valence-corrected chi connectivity index (χ4v) is 2.64. The SMILES string of the molecule is CCOc1cccnc1N1CCCCC1CCN. The number of piperidine rings is 1. The molecule has 100 valence electrons. The fourth-order valence-electron chi connectivity index (χ4n) is 2.64. The van der Waals surface area contributed by atoms with Crippen molar-refractivity contribution in [3.05, 3.63) is 18.3 Å². The number of hydrogen-bond acceptors (Lipinski definition) is 4. The minimum atomic E-state index is 0.512. The normalized spacial score (nSPS) is 19.9. The van der Waals surface area contributed by atoms with Crippen LogP contribution in [-0.2, 0) is 0 Å². The van der Waals surface area contributed by atoms with Gasteiger partial charge in [0.2, 0.25) is 0 Å². The summed E-state index contributed by atoms with van der Waals surface area (Å²) < 4.78 is 5.68. The van der Waals surface area contributed by atoms with Crippen molar-refractivity contribution < 1.29 is 4.74 Å². The van der Waals surface area contributed by atoms with Crippen LogP contribution in [0.1, 0.15) is 32.6 Å². The van der Waals surface area contributed by atoms with Crippen LogP contribution in [0.2, 0.25) is 0 Å². The summed E-state index contributed by atoms with van der Waals surface area (Å²) in [5.41, 5.74) is 5.72. The zero-order valence-corrected chi connectivity index (χ0v) is 11.1. The number of aromatic nitrogens is 1. The van der Waals surface area contributed by atoms with Gasteiger partial charge in [-0.1, -0.05) is 0 Å². The van der Waals surface area contributed by atoms with E-state index in [1.54, 1.807) is 0 Å². The number of nitrogens with zero attached hydrogens (tertiary/aromatic N) is 2. The van der Waals surface area contributed by atoms with E-state index in [0.29, 0.717) is 12.6 Å². The molecule has 1 fully saturated rings. The fraction of sp³-hybridized carbons (Fsp3) is 0.643. The highest BCUT2D eigenvalue weighted by molar-refractivity contribution is 5.53. The lowest BCUT2D eigenvalue weighted by molar-refractivity contribution is 0.335. The first-order chi connectivity index (χ1) is 8.86. The van der Waals surface area contributed by atoms with Crippen LogP contribution in [0.25, 0.3) is 0 Å². The minimum absolute atomic E-state index is 0.512. The van der Waals surface area contributed by atoms with Gasteiger partial charge in [-0.3, -0.25) is 0 Å². The average molecular weight is 249 g/mol. The van der Waals surface area contributed by atoms with Gasteiger partial charge in [0, 0.05) is 18.8 Å². The Kier molecular flexibility index (Phi) is 4.81. The molecule has 2 rings (SSSR count).